The first-order chi connectivity index (χ1) is 12.0. The van der Waals surface area contributed by atoms with Crippen LogP contribution < -0.4 is 5.32 Å². The van der Waals surface area contributed by atoms with Crippen LogP contribution in [0.1, 0.15) is 61.8 Å². The first-order valence-corrected chi connectivity index (χ1v) is 8.99. The number of carbonyl (C=O) groups excluding carboxylic acids is 3. The van der Waals surface area contributed by atoms with Crippen molar-refractivity contribution in [2.75, 3.05) is 5.32 Å². The molecule has 128 valence electrons. The zero-order valence-corrected chi connectivity index (χ0v) is 14.4. The Morgan fingerprint density at radius 3 is 2.56 bits per heavy atom. The van der Waals surface area contributed by atoms with Crippen LogP contribution >= 0.6 is 11.3 Å². The predicted molar refractivity (Wildman–Crippen MR) is 91.8 cm³/mol. The molecule has 2 aliphatic rings. The lowest BCUT2D eigenvalue weighted by molar-refractivity contribution is 0.0587. The number of imide groups is 1. The molecule has 1 aromatic heterocycles. The standard InChI is InChI=1S/C17H16N4O3S/c1-9-19-20-17(25-9)18-14(22)10-6-7-12-13(8-10)16(24)21(15(12)23)11-4-2-3-5-11/h6-8,11H,2-5H2,1H3,(H,18,20,22). The zero-order chi connectivity index (χ0) is 17.6. The normalized spacial score (nSPS) is 17.2. The molecule has 0 unspecified atom stereocenters. The Hall–Kier alpha value is -2.61. The molecule has 1 fully saturated rings. The number of nitrogens with one attached hydrogen (secondary N) is 1. The van der Waals surface area contributed by atoms with Crippen molar-refractivity contribution in [1.29, 1.82) is 0 Å². The van der Waals surface area contributed by atoms with Gasteiger partial charge in [-0.25, -0.2) is 0 Å². The van der Waals surface area contributed by atoms with E-state index in [0.29, 0.717) is 21.8 Å². The molecule has 8 heteroatoms. The summed E-state index contributed by atoms with van der Waals surface area (Å²) < 4.78 is 0. The summed E-state index contributed by atoms with van der Waals surface area (Å²) in [7, 11) is 0. The van der Waals surface area contributed by atoms with Gasteiger partial charge >= 0.3 is 0 Å². The molecule has 0 radical (unpaired) electrons. The Kier molecular flexibility index (Phi) is 3.84. The van der Waals surface area contributed by atoms with Crippen LogP contribution in [-0.4, -0.2) is 38.9 Å². The molecule has 0 atom stereocenters. The molecule has 0 spiro atoms. The highest BCUT2D eigenvalue weighted by atomic mass is 32.1. The van der Waals surface area contributed by atoms with Crippen molar-refractivity contribution in [3.8, 4) is 0 Å². The number of fused-ring (bicyclic) bond motifs is 1. The maximum Gasteiger partial charge on any atom is 0.261 e. The number of nitrogens with zero attached hydrogens (tertiary/aromatic N) is 3. The van der Waals surface area contributed by atoms with Crippen LogP contribution in [0.2, 0.25) is 0 Å². The first kappa shape index (κ1) is 15.9. The summed E-state index contributed by atoms with van der Waals surface area (Å²) in [4.78, 5) is 39.0. The SMILES string of the molecule is Cc1nnc(NC(=O)c2ccc3c(c2)C(=O)N(C2CCCC2)C3=O)s1. The lowest BCUT2D eigenvalue weighted by Gasteiger charge is -2.21. The van der Waals surface area contributed by atoms with E-state index >= 15 is 0 Å². The highest BCUT2D eigenvalue weighted by molar-refractivity contribution is 7.15. The van der Waals surface area contributed by atoms with Gasteiger partial charge in [-0.2, -0.15) is 0 Å². The van der Waals surface area contributed by atoms with Gasteiger partial charge in [0.1, 0.15) is 5.01 Å². The quantitative estimate of drug-likeness (QED) is 0.854. The number of hydrogen-bond donors (Lipinski definition) is 1. The maximum absolute atomic E-state index is 12.7. The van der Waals surface area contributed by atoms with Crippen LogP contribution in [0.25, 0.3) is 0 Å². The molecule has 1 N–H and O–H groups in total. The third kappa shape index (κ3) is 2.72. The van der Waals surface area contributed by atoms with Crippen LogP contribution in [0, 0.1) is 6.92 Å². The van der Waals surface area contributed by atoms with E-state index in [2.05, 4.69) is 15.5 Å². The number of hydrogen-bond acceptors (Lipinski definition) is 6. The van der Waals surface area contributed by atoms with E-state index in [1.165, 1.54) is 22.3 Å². The second kappa shape index (κ2) is 6.03. The number of anilines is 1. The van der Waals surface area contributed by atoms with Gasteiger partial charge in [0, 0.05) is 11.6 Å². The topological polar surface area (TPSA) is 92.3 Å². The molecule has 1 aromatic carbocycles. The average molecular weight is 356 g/mol. The Balaban J connectivity index is 1.60. The summed E-state index contributed by atoms with van der Waals surface area (Å²) >= 11 is 1.27. The zero-order valence-electron chi connectivity index (χ0n) is 13.6. The molecule has 2 aromatic rings. The van der Waals surface area contributed by atoms with E-state index < -0.39 is 0 Å². The van der Waals surface area contributed by atoms with Gasteiger partial charge in [-0.15, -0.1) is 10.2 Å². The van der Waals surface area contributed by atoms with Crippen molar-refractivity contribution in [1.82, 2.24) is 15.1 Å². The summed E-state index contributed by atoms with van der Waals surface area (Å²) in [6, 6.07) is 4.60. The number of carbonyl (C=O) groups is 3. The van der Waals surface area contributed by atoms with Gasteiger partial charge in [-0.3, -0.25) is 24.6 Å². The van der Waals surface area contributed by atoms with Crippen molar-refractivity contribution in [3.63, 3.8) is 0 Å². The summed E-state index contributed by atoms with van der Waals surface area (Å²) in [6.45, 7) is 1.80. The Labute approximate surface area is 148 Å². The number of rotatable bonds is 3. The molecule has 25 heavy (non-hydrogen) atoms. The first-order valence-electron chi connectivity index (χ1n) is 8.18. The molecular weight excluding hydrogens is 340 g/mol. The van der Waals surface area contributed by atoms with E-state index in [-0.39, 0.29) is 23.8 Å². The average Bonchev–Trinajstić information content (AvgIpc) is 3.30. The Bertz CT molecular complexity index is 886. The minimum absolute atomic E-state index is 0.0194. The number of benzene rings is 1. The van der Waals surface area contributed by atoms with Crippen LogP contribution in [0.3, 0.4) is 0 Å². The second-order valence-electron chi connectivity index (χ2n) is 6.26. The molecule has 2 heterocycles. The van der Waals surface area contributed by atoms with Gasteiger partial charge in [0.15, 0.2) is 0 Å². The monoisotopic (exact) mass is 356 g/mol. The van der Waals surface area contributed by atoms with Crippen LogP contribution in [0.4, 0.5) is 5.13 Å². The third-order valence-electron chi connectivity index (χ3n) is 4.62. The fraction of sp³-hybridized carbons (Fsp3) is 0.353. The fourth-order valence-electron chi connectivity index (χ4n) is 3.41. The van der Waals surface area contributed by atoms with Crippen LogP contribution in [0.5, 0.6) is 0 Å². The van der Waals surface area contributed by atoms with Gasteiger partial charge in [0.05, 0.1) is 11.1 Å². The Morgan fingerprint density at radius 2 is 1.88 bits per heavy atom. The number of aryl methyl sites for hydroxylation is 1. The molecule has 1 aliphatic carbocycles. The number of aromatic nitrogens is 2. The van der Waals surface area contributed by atoms with E-state index in [1.807, 2.05) is 0 Å². The minimum atomic E-state index is -0.376. The molecule has 4 rings (SSSR count). The van der Waals surface area contributed by atoms with E-state index in [1.54, 1.807) is 19.1 Å². The smallest absolute Gasteiger partial charge is 0.261 e. The van der Waals surface area contributed by atoms with Gasteiger partial charge in [0.25, 0.3) is 17.7 Å². The Morgan fingerprint density at radius 1 is 1.16 bits per heavy atom. The predicted octanol–water partition coefficient (Wildman–Crippen LogP) is 2.64. The molecule has 0 saturated heterocycles. The molecule has 1 aliphatic heterocycles. The van der Waals surface area contributed by atoms with Gasteiger partial charge in [-0.05, 0) is 38.0 Å². The van der Waals surface area contributed by atoms with Crippen molar-refractivity contribution in [3.05, 3.63) is 39.9 Å². The van der Waals surface area contributed by atoms with Gasteiger partial charge in [0.2, 0.25) is 5.13 Å². The highest BCUT2D eigenvalue weighted by Crippen LogP contribution is 2.32. The van der Waals surface area contributed by atoms with E-state index in [9.17, 15) is 14.4 Å². The summed E-state index contributed by atoms with van der Waals surface area (Å²) in [6.07, 6.45) is 3.78. The molecule has 0 bridgehead atoms. The molecule has 3 amide bonds. The van der Waals surface area contributed by atoms with Crippen molar-refractivity contribution in [2.45, 2.75) is 38.6 Å². The number of amides is 3. The van der Waals surface area contributed by atoms with Crippen molar-refractivity contribution >= 4 is 34.2 Å². The van der Waals surface area contributed by atoms with E-state index in [0.717, 1.165) is 30.7 Å². The summed E-state index contributed by atoms with van der Waals surface area (Å²) in [5, 5.41) is 11.5. The fourth-order valence-corrected chi connectivity index (χ4v) is 4.00. The second-order valence-corrected chi connectivity index (χ2v) is 7.44. The van der Waals surface area contributed by atoms with Gasteiger partial charge in [-0.1, -0.05) is 24.2 Å². The minimum Gasteiger partial charge on any atom is -0.296 e. The summed E-state index contributed by atoms with van der Waals surface area (Å²) in [5.74, 6) is -0.926. The van der Waals surface area contributed by atoms with E-state index in [4.69, 9.17) is 0 Å². The molecule has 1 saturated carbocycles. The lowest BCUT2D eigenvalue weighted by atomic mass is 10.1. The van der Waals surface area contributed by atoms with Crippen LogP contribution in [0.15, 0.2) is 18.2 Å². The maximum atomic E-state index is 12.7. The lowest BCUT2D eigenvalue weighted by Crippen LogP contribution is -2.38. The summed E-state index contributed by atoms with van der Waals surface area (Å²) in [5.41, 5.74) is 0.999. The third-order valence-corrected chi connectivity index (χ3v) is 5.37. The van der Waals surface area contributed by atoms with Crippen molar-refractivity contribution < 1.29 is 14.4 Å². The largest absolute Gasteiger partial charge is 0.296 e. The molecule has 7 nitrogen and oxygen atoms in total. The van der Waals surface area contributed by atoms with Crippen LogP contribution in [-0.2, 0) is 0 Å². The highest BCUT2D eigenvalue weighted by Gasteiger charge is 2.41. The van der Waals surface area contributed by atoms with Gasteiger partial charge < -0.3 is 0 Å². The van der Waals surface area contributed by atoms with Crippen molar-refractivity contribution in [2.24, 2.45) is 0 Å². The molecular formula is C17H16N4O3S.